The lowest BCUT2D eigenvalue weighted by atomic mass is 10.1. The fourth-order valence-electron chi connectivity index (χ4n) is 0.521. The molecule has 0 saturated heterocycles. The van der Waals surface area contributed by atoms with Crippen molar-refractivity contribution in [3.05, 3.63) is 0 Å². The molecule has 2 N–H and O–H groups in total. The van der Waals surface area contributed by atoms with Gasteiger partial charge in [0.05, 0.1) is 5.92 Å². The first-order valence-corrected chi connectivity index (χ1v) is 4.35. The maximum Gasteiger partial charge on any atom is 0.306 e. The van der Waals surface area contributed by atoms with Gasteiger partial charge in [0.1, 0.15) is 0 Å². The van der Waals surface area contributed by atoms with Crippen LogP contribution in [0.1, 0.15) is 13.3 Å². The molecule has 11 heavy (non-hydrogen) atoms. The molecule has 5 heteroatoms. The second-order valence-electron chi connectivity index (χ2n) is 2.17. The van der Waals surface area contributed by atoms with Crippen LogP contribution in [0.2, 0.25) is 0 Å². The highest BCUT2D eigenvalue weighted by Gasteiger charge is 2.14. The Labute approximate surface area is 69.5 Å². The van der Waals surface area contributed by atoms with Gasteiger partial charge in [-0.25, -0.2) is 0 Å². The van der Waals surface area contributed by atoms with E-state index in [1.807, 2.05) is 0 Å². The van der Waals surface area contributed by atoms with Crippen LogP contribution in [0.3, 0.4) is 0 Å². The van der Waals surface area contributed by atoms with E-state index < -0.39 is 11.9 Å². The predicted octanol–water partition coefficient (Wildman–Crippen LogP) is 0.491. The van der Waals surface area contributed by atoms with Crippen LogP contribution >= 0.6 is 11.9 Å². The van der Waals surface area contributed by atoms with Crippen LogP contribution in [0.25, 0.3) is 0 Å². The molecule has 0 aliphatic carbocycles. The van der Waals surface area contributed by atoms with Gasteiger partial charge in [0.25, 0.3) is 0 Å². The van der Waals surface area contributed by atoms with E-state index in [-0.39, 0.29) is 12.3 Å². The molecule has 0 spiro atoms. The van der Waals surface area contributed by atoms with Crippen LogP contribution in [0, 0.1) is 5.92 Å². The van der Waals surface area contributed by atoms with Crippen LogP contribution in [0.5, 0.6) is 0 Å². The summed E-state index contributed by atoms with van der Waals surface area (Å²) in [5.74, 6) is -1.80. The maximum atomic E-state index is 10.8. The minimum atomic E-state index is -0.943. The summed E-state index contributed by atoms with van der Waals surface area (Å²) in [6.45, 7) is 1.50. The number of amides is 1. The molecule has 0 bridgehead atoms. The molecule has 1 atom stereocenters. The fraction of sp³-hybridized carbons (Fsp3) is 0.667. The van der Waals surface area contributed by atoms with Crippen LogP contribution in [0.4, 0.5) is 0 Å². The number of carboxylic acid groups (broad SMARTS) is 1. The average molecular weight is 177 g/mol. The summed E-state index contributed by atoms with van der Waals surface area (Å²) in [6.07, 6.45) is 1.75. The topological polar surface area (TPSA) is 66.4 Å². The monoisotopic (exact) mass is 177 g/mol. The van der Waals surface area contributed by atoms with Gasteiger partial charge in [-0.1, -0.05) is 18.9 Å². The zero-order valence-electron chi connectivity index (χ0n) is 6.46. The summed E-state index contributed by atoms with van der Waals surface area (Å²) in [7, 11) is 0. The lowest BCUT2D eigenvalue weighted by Crippen LogP contribution is -2.21. The molecule has 4 nitrogen and oxygen atoms in total. The zero-order valence-corrected chi connectivity index (χ0v) is 7.27. The van der Waals surface area contributed by atoms with E-state index in [4.69, 9.17) is 5.11 Å². The highest BCUT2D eigenvalue weighted by atomic mass is 32.2. The molecule has 1 amide bonds. The third-order valence-corrected chi connectivity index (χ3v) is 1.56. The number of rotatable bonds is 4. The smallest absolute Gasteiger partial charge is 0.306 e. The predicted molar refractivity (Wildman–Crippen MR) is 43.1 cm³/mol. The van der Waals surface area contributed by atoms with E-state index in [2.05, 4.69) is 4.72 Å². The highest BCUT2D eigenvalue weighted by molar-refractivity contribution is 7.97. The van der Waals surface area contributed by atoms with E-state index in [9.17, 15) is 9.59 Å². The molecular weight excluding hydrogens is 166 g/mol. The summed E-state index contributed by atoms with van der Waals surface area (Å²) in [5.41, 5.74) is 0. The highest BCUT2D eigenvalue weighted by Crippen LogP contribution is 2.01. The molecule has 0 aliphatic heterocycles. The molecule has 64 valence electrons. The molecule has 0 rings (SSSR count). The summed E-state index contributed by atoms with van der Waals surface area (Å²) in [4.78, 5) is 21.0. The Balaban J connectivity index is 3.66. The maximum absolute atomic E-state index is 10.8. The molecule has 0 fully saturated rings. The van der Waals surface area contributed by atoms with Gasteiger partial charge < -0.3 is 9.83 Å². The summed E-state index contributed by atoms with van der Waals surface area (Å²) >= 11 is 1.17. The summed E-state index contributed by atoms with van der Waals surface area (Å²) in [6, 6.07) is 0. The van der Waals surface area contributed by atoms with Gasteiger partial charge in [0, 0.05) is 12.7 Å². The third kappa shape index (κ3) is 4.66. The lowest BCUT2D eigenvalue weighted by molar-refractivity contribution is -0.143. The molecule has 0 aliphatic rings. The minimum absolute atomic E-state index is 0.0379. The number of carbonyl (C=O) groups excluding carboxylic acids is 1. The Morgan fingerprint density at radius 2 is 2.18 bits per heavy atom. The molecule has 0 radical (unpaired) electrons. The summed E-state index contributed by atoms with van der Waals surface area (Å²) < 4.78 is 2.45. The van der Waals surface area contributed by atoms with Gasteiger partial charge in [-0.05, 0) is 0 Å². The van der Waals surface area contributed by atoms with Crippen molar-refractivity contribution in [2.75, 3.05) is 6.26 Å². The molecule has 0 aromatic carbocycles. The van der Waals surface area contributed by atoms with Crippen molar-refractivity contribution in [2.45, 2.75) is 13.3 Å². The molecule has 0 heterocycles. The number of aliphatic carboxylic acids is 1. The zero-order chi connectivity index (χ0) is 8.85. The summed E-state index contributed by atoms with van der Waals surface area (Å²) in [5, 5.41) is 8.41. The van der Waals surface area contributed by atoms with Gasteiger partial charge in [0.2, 0.25) is 5.91 Å². The Hall–Kier alpha value is -0.710. The quantitative estimate of drug-likeness (QED) is 0.613. The van der Waals surface area contributed by atoms with Crippen molar-refractivity contribution >= 4 is 23.8 Å². The first-order valence-electron chi connectivity index (χ1n) is 3.12. The first kappa shape index (κ1) is 10.3. The van der Waals surface area contributed by atoms with Crippen molar-refractivity contribution in [2.24, 2.45) is 5.92 Å². The Morgan fingerprint density at radius 1 is 1.64 bits per heavy atom. The lowest BCUT2D eigenvalue weighted by Gasteiger charge is -2.04. The Bertz CT molecular complexity index is 160. The second-order valence-corrected chi connectivity index (χ2v) is 2.79. The SMILES string of the molecule is CSNC(=O)CC(C)C(=O)O. The van der Waals surface area contributed by atoms with E-state index in [0.29, 0.717) is 0 Å². The van der Waals surface area contributed by atoms with Gasteiger partial charge in [0.15, 0.2) is 0 Å². The number of carboxylic acids is 1. The van der Waals surface area contributed by atoms with Gasteiger partial charge in [-0.15, -0.1) is 0 Å². The fourth-order valence-corrected chi connectivity index (χ4v) is 0.832. The van der Waals surface area contributed by atoms with E-state index in [0.717, 1.165) is 0 Å². The van der Waals surface area contributed by atoms with Gasteiger partial charge in [-0.2, -0.15) is 0 Å². The van der Waals surface area contributed by atoms with E-state index in [1.54, 1.807) is 6.26 Å². The molecule has 1 unspecified atom stereocenters. The van der Waals surface area contributed by atoms with Crippen molar-refractivity contribution in [3.63, 3.8) is 0 Å². The number of nitrogens with one attached hydrogen (secondary N) is 1. The number of carbonyl (C=O) groups is 2. The average Bonchev–Trinajstić information content (AvgIpc) is 1.87. The van der Waals surface area contributed by atoms with Crippen LogP contribution in [0.15, 0.2) is 0 Å². The van der Waals surface area contributed by atoms with E-state index >= 15 is 0 Å². The van der Waals surface area contributed by atoms with Gasteiger partial charge in [-0.3, -0.25) is 9.59 Å². The number of hydrogen-bond acceptors (Lipinski definition) is 3. The Morgan fingerprint density at radius 3 is 2.55 bits per heavy atom. The molecular formula is C6H11NO3S. The van der Waals surface area contributed by atoms with Crippen LogP contribution in [-0.2, 0) is 9.59 Å². The molecule has 0 aromatic rings. The third-order valence-electron chi connectivity index (χ3n) is 1.13. The largest absolute Gasteiger partial charge is 0.481 e. The second kappa shape index (κ2) is 5.01. The molecule has 0 saturated carbocycles. The van der Waals surface area contributed by atoms with Crippen molar-refractivity contribution in [1.29, 1.82) is 0 Å². The van der Waals surface area contributed by atoms with Gasteiger partial charge >= 0.3 is 5.97 Å². The van der Waals surface area contributed by atoms with Crippen molar-refractivity contribution < 1.29 is 14.7 Å². The van der Waals surface area contributed by atoms with Crippen LogP contribution in [-0.4, -0.2) is 23.2 Å². The van der Waals surface area contributed by atoms with Crippen molar-refractivity contribution in [3.8, 4) is 0 Å². The Kier molecular flexibility index (Phi) is 4.69. The minimum Gasteiger partial charge on any atom is -0.481 e. The standard InChI is InChI=1S/C6H11NO3S/c1-4(6(9)10)3-5(8)7-11-2/h4H,3H2,1-2H3,(H,7,8)(H,9,10). The molecule has 0 aromatic heterocycles. The number of hydrogen-bond donors (Lipinski definition) is 2. The van der Waals surface area contributed by atoms with E-state index in [1.165, 1.54) is 18.9 Å². The van der Waals surface area contributed by atoms with Crippen molar-refractivity contribution in [1.82, 2.24) is 4.72 Å². The normalized spacial score (nSPS) is 12.2. The first-order chi connectivity index (χ1) is 5.07. The van der Waals surface area contributed by atoms with Crippen LogP contribution < -0.4 is 4.72 Å².